The number of fused-ring (bicyclic) bond motifs is 1. The number of hydrogen-bond acceptors (Lipinski definition) is 3. The summed E-state index contributed by atoms with van der Waals surface area (Å²) >= 11 is 0. The van der Waals surface area contributed by atoms with Gasteiger partial charge in [-0.15, -0.1) is 0 Å². The standard InChI is InChI=1S/C29H28N2O3/c1-34-25-12-10-23(11-13-25)26-20-24-9-5-6-16-31(24)27(26)28(32)29(33)30-17-14-22(15-18-30)19-21-7-3-2-4-8-21/h2-13,16,20,22H,14-15,17-19H2,1H3. The lowest BCUT2D eigenvalue weighted by molar-refractivity contribution is -0.127. The van der Waals surface area contributed by atoms with Gasteiger partial charge in [0, 0.05) is 30.4 Å². The molecule has 1 aliphatic heterocycles. The molecular weight excluding hydrogens is 424 g/mol. The van der Waals surface area contributed by atoms with E-state index in [-0.39, 0.29) is 0 Å². The topological polar surface area (TPSA) is 51.0 Å². The zero-order valence-electron chi connectivity index (χ0n) is 19.3. The third-order valence-electron chi connectivity index (χ3n) is 6.76. The molecule has 2 aromatic carbocycles. The van der Waals surface area contributed by atoms with E-state index in [0.717, 1.165) is 41.7 Å². The average Bonchev–Trinajstić information content (AvgIpc) is 3.28. The van der Waals surface area contributed by atoms with Crippen molar-refractivity contribution in [3.05, 3.63) is 96.3 Å². The molecule has 0 bridgehead atoms. The second-order valence-electron chi connectivity index (χ2n) is 8.89. The van der Waals surface area contributed by atoms with Crippen LogP contribution in [0, 0.1) is 5.92 Å². The van der Waals surface area contributed by atoms with Crippen LogP contribution < -0.4 is 4.74 Å². The fourth-order valence-corrected chi connectivity index (χ4v) is 4.88. The van der Waals surface area contributed by atoms with Gasteiger partial charge in [-0.1, -0.05) is 48.5 Å². The maximum Gasteiger partial charge on any atom is 0.296 e. The Bertz CT molecular complexity index is 1300. The van der Waals surface area contributed by atoms with E-state index in [0.29, 0.717) is 24.7 Å². The normalized spacial score (nSPS) is 14.3. The average molecular weight is 453 g/mol. The minimum atomic E-state index is -0.460. The van der Waals surface area contributed by atoms with Crippen molar-refractivity contribution in [3.63, 3.8) is 0 Å². The number of carbonyl (C=O) groups is 2. The molecule has 0 atom stereocenters. The predicted octanol–water partition coefficient (Wildman–Crippen LogP) is 5.28. The zero-order valence-corrected chi connectivity index (χ0v) is 19.3. The van der Waals surface area contributed by atoms with Gasteiger partial charge >= 0.3 is 0 Å². The summed E-state index contributed by atoms with van der Waals surface area (Å²) in [5.41, 5.74) is 4.25. The van der Waals surface area contributed by atoms with Gasteiger partial charge in [0.2, 0.25) is 0 Å². The zero-order chi connectivity index (χ0) is 23.5. The number of pyridine rings is 1. The lowest BCUT2D eigenvalue weighted by atomic mass is 9.90. The van der Waals surface area contributed by atoms with Crippen molar-refractivity contribution < 1.29 is 14.3 Å². The van der Waals surface area contributed by atoms with Gasteiger partial charge in [0.15, 0.2) is 0 Å². The highest BCUT2D eigenvalue weighted by Gasteiger charge is 2.31. The molecule has 1 saturated heterocycles. The highest BCUT2D eigenvalue weighted by Crippen LogP contribution is 2.30. The van der Waals surface area contributed by atoms with Crippen molar-refractivity contribution in [2.75, 3.05) is 20.2 Å². The smallest absolute Gasteiger partial charge is 0.296 e. The monoisotopic (exact) mass is 452 g/mol. The van der Waals surface area contributed by atoms with E-state index in [1.165, 1.54) is 5.56 Å². The van der Waals surface area contributed by atoms with Gasteiger partial charge < -0.3 is 14.0 Å². The molecule has 1 fully saturated rings. The van der Waals surface area contributed by atoms with Crippen molar-refractivity contribution >= 4 is 17.2 Å². The summed E-state index contributed by atoms with van der Waals surface area (Å²) in [5, 5.41) is 0. The first-order valence-corrected chi connectivity index (χ1v) is 11.8. The van der Waals surface area contributed by atoms with E-state index in [1.807, 2.05) is 65.2 Å². The summed E-state index contributed by atoms with van der Waals surface area (Å²) in [4.78, 5) is 28.6. The molecule has 2 aromatic heterocycles. The quantitative estimate of drug-likeness (QED) is 0.295. The Morgan fingerprint density at radius 2 is 1.62 bits per heavy atom. The largest absolute Gasteiger partial charge is 0.497 e. The predicted molar refractivity (Wildman–Crippen MR) is 133 cm³/mol. The van der Waals surface area contributed by atoms with Crippen LogP contribution in [-0.2, 0) is 11.2 Å². The van der Waals surface area contributed by atoms with Gasteiger partial charge in [-0.05, 0) is 66.6 Å². The number of ketones is 1. The lowest BCUT2D eigenvalue weighted by Gasteiger charge is -2.31. The number of piperidine rings is 1. The summed E-state index contributed by atoms with van der Waals surface area (Å²) < 4.78 is 7.09. The molecular formula is C29H28N2O3. The molecule has 0 aliphatic carbocycles. The molecule has 5 heteroatoms. The number of likely N-dealkylation sites (tertiary alicyclic amines) is 1. The molecule has 0 unspecified atom stereocenters. The Labute approximate surface area is 199 Å². The fraction of sp³-hybridized carbons (Fsp3) is 0.241. The molecule has 4 aromatic rings. The third kappa shape index (κ3) is 4.34. The van der Waals surface area contributed by atoms with Gasteiger partial charge in [-0.3, -0.25) is 9.59 Å². The van der Waals surface area contributed by atoms with E-state index in [4.69, 9.17) is 4.74 Å². The maximum atomic E-state index is 13.6. The number of aromatic nitrogens is 1. The van der Waals surface area contributed by atoms with Gasteiger partial charge in [0.25, 0.3) is 11.7 Å². The number of hydrogen-bond donors (Lipinski definition) is 0. The molecule has 34 heavy (non-hydrogen) atoms. The molecule has 1 aliphatic rings. The highest BCUT2D eigenvalue weighted by atomic mass is 16.5. The van der Waals surface area contributed by atoms with Crippen LogP contribution in [0.2, 0.25) is 0 Å². The van der Waals surface area contributed by atoms with Crippen molar-refractivity contribution in [2.45, 2.75) is 19.3 Å². The van der Waals surface area contributed by atoms with E-state index < -0.39 is 11.7 Å². The van der Waals surface area contributed by atoms with E-state index in [2.05, 4.69) is 24.3 Å². The number of amides is 1. The van der Waals surface area contributed by atoms with Crippen LogP contribution in [0.5, 0.6) is 5.75 Å². The van der Waals surface area contributed by atoms with Crippen molar-refractivity contribution in [2.24, 2.45) is 5.92 Å². The van der Waals surface area contributed by atoms with E-state index in [9.17, 15) is 9.59 Å². The second-order valence-corrected chi connectivity index (χ2v) is 8.89. The minimum Gasteiger partial charge on any atom is -0.497 e. The third-order valence-corrected chi connectivity index (χ3v) is 6.76. The molecule has 0 N–H and O–H groups in total. The van der Waals surface area contributed by atoms with Crippen LogP contribution >= 0.6 is 0 Å². The molecule has 0 radical (unpaired) electrons. The summed E-state index contributed by atoms with van der Waals surface area (Å²) in [6, 6.07) is 25.8. The van der Waals surface area contributed by atoms with Gasteiger partial charge in [-0.25, -0.2) is 0 Å². The number of nitrogens with zero attached hydrogens (tertiary/aromatic N) is 2. The Morgan fingerprint density at radius 3 is 2.32 bits per heavy atom. The highest BCUT2D eigenvalue weighted by molar-refractivity contribution is 6.43. The van der Waals surface area contributed by atoms with Crippen molar-refractivity contribution in [1.82, 2.24) is 9.30 Å². The van der Waals surface area contributed by atoms with Crippen molar-refractivity contribution in [1.29, 1.82) is 0 Å². The maximum absolute atomic E-state index is 13.6. The van der Waals surface area contributed by atoms with Crippen molar-refractivity contribution in [3.8, 4) is 16.9 Å². The lowest BCUT2D eigenvalue weighted by Crippen LogP contribution is -2.42. The Hall–Kier alpha value is -3.86. The molecule has 172 valence electrons. The van der Waals surface area contributed by atoms with E-state index in [1.54, 1.807) is 12.0 Å². The van der Waals surface area contributed by atoms with Crippen LogP contribution in [0.1, 0.15) is 28.9 Å². The first-order valence-electron chi connectivity index (χ1n) is 11.8. The van der Waals surface area contributed by atoms with Gasteiger partial charge in [0.05, 0.1) is 7.11 Å². The molecule has 5 rings (SSSR count). The van der Waals surface area contributed by atoms with Crippen LogP contribution in [0.25, 0.3) is 16.6 Å². The van der Waals surface area contributed by atoms with Crippen LogP contribution in [0.4, 0.5) is 0 Å². The second kappa shape index (κ2) is 9.56. The SMILES string of the molecule is COc1ccc(-c2cc3ccccn3c2C(=O)C(=O)N2CCC(Cc3ccccc3)CC2)cc1. The molecule has 0 spiro atoms. The molecule has 3 heterocycles. The number of ether oxygens (including phenoxy) is 1. The number of rotatable bonds is 6. The molecule has 0 saturated carbocycles. The summed E-state index contributed by atoms with van der Waals surface area (Å²) in [5.74, 6) is 0.399. The summed E-state index contributed by atoms with van der Waals surface area (Å²) in [6.07, 6.45) is 4.68. The first kappa shape index (κ1) is 22.0. The summed E-state index contributed by atoms with van der Waals surface area (Å²) in [6.45, 7) is 1.23. The molecule has 1 amide bonds. The van der Waals surface area contributed by atoms with Gasteiger partial charge in [-0.2, -0.15) is 0 Å². The first-order chi connectivity index (χ1) is 16.6. The van der Waals surface area contributed by atoms with Gasteiger partial charge in [0.1, 0.15) is 11.4 Å². The number of Topliss-reactive ketones (excluding diaryl/α,β-unsaturated/α-hetero) is 1. The van der Waals surface area contributed by atoms with Crippen LogP contribution in [0.15, 0.2) is 85.1 Å². The Morgan fingerprint density at radius 1 is 0.912 bits per heavy atom. The minimum absolute atomic E-state index is 0.414. The number of benzene rings is 2. The van der Waals surface area contributed by atoms with Crippen LogP contribution in [0.3, 0.4) is 0 Å². The molecule has 5 nitrogen and oxygen atoms in total. The summed E-state index contributed by atoms with van der Waals surface area (Å²) in [7, 11) is 1.62. The van der Waals surface area contributed by atoms with E-state index >= 15 is 0 Å². The Balaban J connectivity index is 1.37. The Kier molecular flexibility index (Phi) is 6.17. The number of methoxy groups -OCH3 is 1. The fourth-order valence-electron chi connectivity index (χ4n) is 4.88. The van der Waals surface area contributed by atoms with Crippen LogP contribution in [-0.4, -0.2) is 41.2 Å². The number of carbonyl (C=O) groups excluding carboxylic acids is 2.